The predicted octanol–water partition coefficient (Wildman–Crippen LogP) is 3.28. The fraction of sp³-hybridized carbons (Fsp3) is 0.158. The van der Waals surface area contributed by atoms with E-state index in [1.165, 1.54) is 11.6 Å². The van der Waals surface area contributed by atoms with Gasteiger partial charge in [0.15, 0.2) is 0 Å². The van der Waals surface area contributed by atoms with Crippen LogP contribution in [0.15, 0.2) is 61.2 Å². The molecule has 1 aliphatic rings. The van der Waals surface area contributed by atoms with Gasteiger partial charge in [0, 0.05) is 31.2 Å². The normalized spacial score (nSPS) is 12.9. The number of nitrogens with zero attached hydrogens (tertiary/aromatic N) is 3. The van der Waals surface area contributed by atoms with Gasteiger partial charge in [-0.3, -0.25) is 4.90 Å². The summed E-state index contributed by atoms with van der Waals surface area (Å²) in [5.41, 5.74) is 3.26. The third kappa shape index (κ3) is 2.98. The number of rotatable bonds is 3. The molecule has 0 saturated carbocycles. The topological polar surface area (TPSA) is 50.2 Å². The molecule has 0 radical (unpaired) electrons. The summed E-state index contributed by atoms with van der Waals surface area (Å²) in [6, 6.07) is 12.6. The first-order valence-corrected chi connectivity index (χ1v) is 8.12. The molecule has 0 aliphatic carbocycles. The summed E-state index contributed by atoms with van der Waals surface area (Å²) < 4.78 is 15.9. The third-order valence-corrected chi connectivity index (χ3v) is 4.37. The van der Waals surface area contributed by atoms with Crippen molar-refractivity contribution in [2.75, 3.05) is 11.4 Å². The van der Waals surface area contributed by atoms with Gasteiger partial charge in [0.05, 0.1) is 12.0 Å². The van der Waals surface area contributed by atoms with Gasteiger partial charge in [0.2, 0.25) is 0 Å². The lowest BCUT2D eigenvalue weighted by Crippen LogP contribution is -2.38. The van der Waals surface area contributed by atoms with E-state index in [0.29, 0.717) is 17.8 Å². The number of nitrogens with one attached hydrogen (secondary N) is 1. The molecule has 0 fully saturated rings. The maximum Gasteiger partial charge on any atom is 0.322 e. The van der Waals surface area contributed by atoms with Gasteiger partial charge in [0.1, 0.15) is 5.82 Å². The molecule has 6 heteroatoms. The van der Waals surface area contributed by atoms with Crippen molar-refractivity contribution in [2.45, 2.75) is 13.0 Å². The minimum atomic E-state index is -0.351. The molecule has 2 heterocycles. The Labute approximate surface area is 144 Å². The lowest BCUT2D eigenvalue weighted by atomic mass is 10.2. The van der Waals surface area contributed by atoms with Crippen LogP contribution >= 0.6 is 0 Å². The van der Waals surface area contributed by atoms with Crippen LogP contribution in [0.3, 0.4) is 0 Å². The number of urea groups is 1. The fourth-order valence-electron chi connectivity index (χ4n) is 3.09. The number of hydrogen-bond acceptors (Lipinski definition) is 2. The monoisotopic (exact) mass is 336 g/mol. The highest BCUT2D eigenvalue weighted by molar-refractivity contribution is 5.94. The molecular weight excluding hydrogens is 319 g/mol. The zero-order valence-electron chi connectivity index (χ0n) is 13.5. The number of amides is 2. The van der Waals surface area contributed by atoms with Crippen LogP contribution in [0.4, 0.5) is 14.9 Å². The Morgan fingerprint density at radius 2 is 2.08 bits per heavy atom. The molecule has 2 aromatic carbocycles. The lowest BCUT2D eigenvalue weighted by molar-refractivity contribution is 0.246. The van der Waals surface area contributed by atoms with E-state index in [1.807, 2.05) is 24.3 Å². The molecule has 0 bridgehead atoms. The van der Waals surface area contributed by atoms with Crippen molar-refractivity contribution in [3.05, 3.63) is 78.1 Å². The van der Waals surface area contributed by atoms with Crippen molar-refractivity contribution < 1.29 is 9.18 Å². The van der Waals surface area contributed by atoms with Gasteiger partial charge in [-0.05, 0) is 35.7 Å². The molecular formula is C19H17FN4O. The molecule has 0 atom stereocenters. The van der Waals surface area contributed by atoms with Gasteiger partial charge < -0.3 is 9.88 Å². The molecule has 0 unspecified atom stereocenters. The van der Waals surface area contributed by atoms with Gasteiger partial charge in [-0.25, -0.2) is 14.2 Å². The van der Waals surface area contributed by atoms with Crippen LogP contribution in [0.25, 0.3) is 5.69 Å². The van der Waals surface area contributed by atoms with Crippen molar-refractivity contribution in [1.82, 2.24) is 14.9 Å². The molecule has 5 nitrogen and oxygen atoms in total. The van der Waals surface area contributed by atoms with Crippen molar-refractivity contribution in [1.29, 1.82) is 0 Å². The average Bonchev–Trinajstić information content (AvgIpc) is 3.29. The van der Waals surface area contributed by atoms with Crippen molar-refractivity contribution in [3.63, 3.8) is 0 Å². The Bertz CT molecular complexity index is 908. The number of carbonyl (C=O) groups is 1. The summed E-state index contributed by atoms with van der Waals surface area (Å²) in [6.45, 7) is 0.942. The van der Waals surface area contributed by atoms with E-state index < -0.39 is 0 Å². The average molecular weight is 336 g/mol. The Kier molecular flexibility index (Phi) is 3.93. The van der Waals surface area contributed by atoms with Crippen molar-refractivity contribution in [2.24, 2.45) is 0 Å². The van der Waals surface area contributed by atoms with E-state index in [4.69, 9.17) is 0 Å². The van der Waals surface area contributed by atoms with Gasteiger partial charge in [-0.2, -0.15) is 0 Å². The molecule has 4 rings (SSSR count). The maximum atomic E-state index is 14.3. The van der Waals surface area contributed by atoms with Crippen molar-refractivity contribution in [3.8, 4) is 5.69 Å². The first-order chi connectivity index (χ1) is 12.2. The number of fused-ring (bicyclic) bond motifs is 1. The fourth-order valence-corrected chi connectivity index (χ4v) is 3.09. The summed E-state index contributed by atoms with van der Waals surface area (Å²) in [5.74, 6) is -0.351. The SMILES string of the molecule is O=C(NCc1ccc(-n2ccnc2)c(F)c1)N1CCc2ccccc21. The summed E-state index contributed by atoms with van der Waals surface area (Å²) in [4.78, 5) is 18.1. The first kappa shape index (κ1) is 15.4. The minimum absolute atomic E-state index is 0.163. The summed E-state index contributed by atoms with van der Waals surface area (Å²) in [6.07, 6.45) is 5.69. The highest BCUT2D eigenvalue weighted by Gasteiger charge is 2.23. The molecule has 2 amide bonds. The zero-order valence-corrected chi connectivity index (χ0v) is 13.5. The number of imidazole rings is 1. The standard InChI is InChI=1S/C19H17FN4O/c20-16-11-14(5-6-18(16)23-10-8-21-13-23)12-22-19(25)24-9-7-15-3-1-2-4-17(15)24/h1-6,8,10-11,13H,7,9,12H2,(H,22,25). The number of aromatic nitrogens is 2. The maximum absolute atomic E-state index is 14.3. The number of anilines is 1. The Hall–Kier alpha value is -3.15. The number of benzene rings is 2. The largest absolute Gasteiger partial charge is 0.334 e. The van der Waals surface area contributed by atoms with Crippen LogP contribution in [0, 0.1) is 5.82 Å². The van der Waals surface area contributed by atoms with Crippen LogP contribution in [0.2, 0.25) is 0 Å². The Morgan fingerprint density at radius 1 is 1.20 bits per heavy atom. The summed E-state index contributed by atoms with van der Waals surface area (Å²) in [7, 11) is 0. The second-order valence-electron chi connectivity index (χ2n) is 5.94. The lowest BCUT2D eigenvalue weighted by Gasteiger charge is -2.18. The van der Waals surface area contributed by atoms with Crippen LogP contribution in [-0.2, 0) is 13.0 Å². The van der Waals surface area contributed by atoms with Crippen LogP contribution in [0.5, 0.6) is 0 Å². The smallest absolute Gasteiger partial charge is 0.322 e. The third-order valence-electron chi connectivity index (χ3n) is 4.37. The highest BCUT2D eigenvalue weighted by Crippen LogP contribution is 2.27. The van der Waals surface area contributed by atoms with E-state index in [2.05, 4.69) is 10.3 Å². The van der Waals surface area contributed by atoms with E-state index in [9.17, 15) is 9.18 Å². The highest BCUT2D eigenvalue weighted by atomic mass is 19.1. The molecule has 0 saturated heterocycles. The van der Waals surface area contributed by atoms with Gasteiger partial charge in [-0.1, -0.05) is 24.3 Å². The zero-order chi connectivity index (χ0) is 17.2. The molecule has 3 aromatic rings. The predicted molar refractivity (Wildman–Crippen MR) is 93.2 cm³/mol. The molecule has 0 spiro atoms. The van der Waals surface area contributed by atoms with E-state index >= 15 is 0 Å². The van der Waals surface area contributed by atoms with Crippen LogP contribution < -0.4 is 10.2 Å². The molecule has 25 heavy (non-hydrogen) atoms. The second-order valence-corrected chi connectivity index (χ2v) is 5.94. The molecule has 1 aliphatic heterocycles. The number of halogens is 1. The number of para-hydroxylation sites is 1. The molecule has 126 valence electrons. The van der Waals surface area contributed by atoms with Crippen LogP contribution in [0.1, 0.15) is 11.1 Å². The molecule has 1 N–H and O–H groups in total. The summed E-state index contributed by atoms with van der Waals surface area (Å²) in [5, 5.41) is 2.86. The first-order valence-electron chi connectivity index (χ1n) is 8.12. The number of hydrogen-bond donors (Lipinski definition) is 1. The van der Waals surface area contributed by atoms with Crippen LogP contribution in [-0.4, -0.2) is 22.1 Å². The van der Waals surface area contributed by atoms with Gasteiger partial charge >= 0.3 is 6.03 Å². The Morgan fingerprint density at radius 3 is 2.88 bits per heavy atom. The van der Waals surface area contributed by atoms with E-state index in [-0.39, 0.29) is 18.4 Å². The van der Waals surface area contributed by atoms with E-state index in [0.717, 1.165) is 12.1 Å². The molecule has 1 aromatic heterocycles. The Balaban J connectivity index is 1.44. The van der Waals surface area contributed by atoms with E-state index in [1.54, 1.807) is 40.3 Å². The van der Waals surface area contributed by atoms with Gasteiger partial charge in [0.25, 0.3) is 0 Å². The second kappa shape index (κ2) is 6.39. The van der Waals surface area contributed by atoms with Gasteiger partial charge in [-0.15, -0.1) is 0 Å². The quantitative estimate of drug-likeness (QED) is 0.798. The summed E-state index contributed by atoms with van der Waals surface area (Å²) >= 11 is 0. The minimum Gasteiger partial charge on any atom is -0.334 e. The van der Waals surface area contributed by atoms with Crippen molar-refractivity contribution >= 4 is 11.7 Å². The number of carbonyl (C=O) groups excluding carboxylic acids is 1.